The Balaban J connectivity index is 3.13. The summed E-state index contributed by atoms with van der Waals surface area (Å²) >= 11 is 0. The van der Waals surface area contributed by atoms with Gasteiger partial charge in [-0.25, -0.2) is 0 Å². The van der Waals surface area contributed by atoms with Crippen molar-refractivity contribution in [1.82, 2.24) is 0 Å². The molecule has 1 rings (SSSR count). The zero-order chi connectivity index (χ0) is 16.3. The molecule has 0 aliphatic rings. The molecule has 0 saturated heterocycles. The van der Waals surface area contributed by atoms with E-state index in [4.69, 9.17) is 11.5 Å². The number of rotatable bonds is 5. The van der Waals surface area contributed by atoms with E-state index >= 15 is 0 Å². The molecule has 1 atom stereocenters. The fourth-order valence-electron chi connectivity index (χ4n) is 1.87. The first-order chi connectivity index (χ1) is 9.55. The summed E-state index contributed by atoms with van der Waals surface area (Å²) in [6.45, 7) is 0.392. The summed E-state index contributed by atoms with van der Waals surface area (Å²) in [5, 5.41) is 0. The molecule has 0 fully saturated rings. The molecule has 1 aromatic carbocycles. The zero-order valence-electron chi connectivity index (χ0n) is 11.1. The Morgan fingerprint density at radius 3 is 1.71 bits per heavy atom. The summed E-state index contributed by atoms with van der Waals surface area (Å²) in [6.07, 6.45) is -8.29. The predicted octanol–water partition coefficient (Wildman–Crippen LogP) is 3.85. The van der Waals surface area contributed by atoms with Crippen LogP contribution in [0.1, 0.15) is 42.0 Å². The summed E-state index contributed by atoms with van der Waals surface area (Å²) in [5.74, 6) is 0. The number of nitrogens with two attached hydrogens (primary N) is 2. The Kier molecular flexibility index (Phi) is 5.63. The van der Waals surface area contributed by atoms with Crippen molar-refractivity contribution in [3.05, 3.63) is 34.9 Å². The van der Waals surface area contributed by atoms with Crippen molar-refractivity contribution < 1.29 is 26.3 Å². The van der Waals surface area contributed by atoms with Gasteiger partial charge in [0.1, 0.15) is 0 Å². The van der Waals surface area contributed by atoms with Crippen LogP contribution in [0, 0.1) is 0 Å². The Morgan fingerprint density at radius 2 is 1.33 bits per heavy atom. The molecule has 0 unspecified atom stereocenters. The minimum Gasteiger partial charge on any atom is -0.330 e. The van der Waals surface area contributed by atoms with Crippen LogP contribution in [-0.2, 0) is 12.4 Å². The van der Waals surface area contributed by atoms with E-state index in [0.717, 1.165) is 0 Å². The van der Waals surface area contributed by atoms with Crippen LogP contribution in [0.2, 0.25) is 0 Å². The summed E-state index contributed by atoms with van der Waals surface area (Å²) in [6, 6.07) is 0.542. The van der Waals surface area contributed by atoms with Gasteiger partial charge in [0.15, 0.2) is 0 Å². The van der Waals surface area contributed by atoms with Gasteiger partial charge >= 0.3 is 12.4 Å². The highest BCUT2D eigenvalue weighted by atomic mass is 19.4. The second-order valence-electron chi connectivity index (χ2n) is 4.73. The minimum atomic E-state index is -4.85. The topological polar surface area (TPSA) is 52.0 Å². The summed E-state index contributed by atoms with van der Waals surface area (Å²) in [5.41, 5.74) is 8.10. The Bertz CT molecular complexity index is 434. The van der Waals surface area contributed by atoms with Crippen molar-refractivity contribution in [1.29, 1.82) is 0 Å². The van der Waals surface area contributed by atoms with E-state index in [-0.39, 0.29) is 18.1 Å². The lowest BCUT2D eigenvalue weighted by Crippen LogP contribution is -2.16. The molecule has 0 aliphatic heterocycles. The maximum Gasteiger partial charge on any atom is 0.416 e. The van der Waals surface area contributed by atoms with E-state index in [1.165, 1.54) is 0 Å². The molecular formula is C13H16F6N2. The third kappa shape index (κ3) is 5.20. The standard InChI is InChI=1S/C13H16F6N2/c14-12(15,16)9-5-8(11(21)3-1-2-4-20)6-10(7-9)13(17,18)19/h5-7,11H,1-4,20-21H2/t11-/m0/s1. The quantitative estimate of drug-likeness (QED) is 0.640. The number of halogens is 6. The van der Waals surface area contributed by atoms with E-state index in [1.54, 1.807) is 0 Å². The Labute approximate surface area is 118 Å². The number of hydrogen-bond acceptors (Lipinski definition) is 2. The highest BCUT2D eigenvalue weighted by molar-refractivity contribution is 5.35. The molecule has 21 heavy (non-hydrogen) atoms. The van der Waals surface area contributed by atoms with E-state index in [9.17, 15) is 26.3 Å². The van der Waals surface area contributed by atoms with Crippen molar-refractivity contribution in [2.75, 3.05) is 6.54 Å². The molecular weight excluding hydrogens is 298 g/mol. The predicted molar refractivity (Wildman–Crippen MR) is 66.3 cm³/mol. The third-order valence-electron chi connectivity index (χ3n) is 3.01. The lowest BCUT2D eigenvalue weighted by molar-refractivity contribution is -0.143. The average molecular weight is 314 g/mol. The number of alkyl halides is 6. The van der Waals surface area contributed by atoms with Crippen molar-refractivity contribution in [3.8, 4) is 0 Å². The first-order valence-electron chi connectivity index (χ1n) is 6.30. The van der Waals surface area contributed by atoms with E-state index in [0.29, 0.717) is 31.5 Å². The van der Waals surface area contributed by atoms with Crippen LogP contribution < -0.4 is 11.5 Å². The maximum atomic E-state index is 12.7. The number of unbranched alkanes of at least 4 members (excludes halogenated alkanes) is 1. The highest BCUT2D eigenvalue weighted by Gasteiger charge is 2.37. The Hall–Kier alpha value is -1.28. The van der Waals surface area contributed by atoms with Crippen LogP contribution in [0.25, 0.3) is 0 Å². The smallest absolute Gasteiger partial charge is 0.330 e. The fourth-order valence-corrected chi connectivity index (χ4v) is 1.87. The molecule has 0 amide bonds. The molecule has 0 heterocycles. The van der Waals surface area contributed by atoms with E-state index in [2.05, 4.69) is 0 Å². The van der Waals surface area contributed by atoms with Gasteiger partial charge in [0, 0.05) is 6.04 Å². The largest absolute Gasteiger partial charge is 0.416 e. The van der Waals surface area contributed by atoms with Crippen LogP contribution in [0.5, 0.6) is 0 Å². The van der Waals surface area contributed by atoms with Gasteiger partial charge in [-0.3, -0.25) is 0 Å². The van der Waals surface area contributed by atoms with Crippen LogP contribution >= 0.6 is 0 Å². The molecule has 2 nitrogen and oxygen atoms in total. The lowest BCUT2D eigenvalue weighted by atomic mass is 9.97. The van der Waals surface area contributed by atoms with Gasteiger partial charge in [-0.2, -0.15) is 26.3 Å². The van der Waals surface area contributed by atoms with Gasteiger partial charge in [0.05, 0.1) is 11.1 Å². The normalized spacial score (nSPS) is 14.3. The van der Waals surface area contributed by atoms with Gasteiger partial charge in [-0.05, 0) is 43.1 Å². The Morgan fingerprint density at radius 1 is 0.857 bits per heavy atom. The summed E-state index contributed by atoms with van der Waals surface area (Å²) in [7, 11) is 0. The lowest BCUT2D eigenvalue weighted by Gasteiger charge is -2.18. The average Bonchev–Trinajstić information content (AvgIpc) is 2.36. The molecule has 0 spiro atoms. The highest BCUT2D eigenvalue weighted by Crippen LogP contribution is 2.37. The summed E-state index contributed by atoms with van der Waals surface area (Å²) < 4.78 is 76.1. The first kappa shape index (κ1) is 17.8. The van der Waals surface area contributed by atoms with Crippen molar-refractivity contribution in [2.45, 2.75) is 37.7 Å². The molecule has 0 aromatic heterocycles. The molecule has 1 aromatic rings. The monoisotopic (exact) mass is 314 g/mol. The first-order valence-corrected chi connectivity index (χ1v) is 6.30. The molecule has 0 saturated carbocycles. The van der Waals surface area contributed by atoms with E-state index < -0.39 is 29.5 Å². The second kappa shape index (κ2) is 6.65. The SMILES string of the molecule is NCCCC[C@H](N)c1cc(C(F)(F)F)cc(C(F)(F)F)c1. The van der Waals surface area contributed by atoms with Crippen molar-refractivity contribution in [2.24, 2.45) is 11.5 Å². The minimum absolute atomic E-state index is 0.0934. The van der Waals surface area contributed by atoms with Gasteiger partial charge < -0.3 is 11.5 Å². The summed E-state index contributed by atoms with van der Waals surface area (Å²) in [4.78, 5) is 0. The van der Waals surface area contributed by atoms with Crippen LogP contribution in [0.4, 0.5) is 26.3 Å². The number of benzene rings is 1. The fraction of sp³-hybridized carbons (Fsp3) is 0.538. The maximum absolute atomic E-state index is 12.7. The van der Waals surface area contributed by atoms with Gasteiger partial charge in [0.25, 0.3) is 0 Å². The van der Waals surface area contributed by atoms with Gasteiger partial charge in [-0.1, -0.05) is 6.42 Å². The zero-order valence-corrected chi connectivity index (χ0v) is 11.1. The van der Waals surface area contributed by atoms with Crippen LogP contribution in [0.15, 0.2) is 18.2 Å². The van der Waals surface area contributed by atoms with Crippen molar-refractivity contribution >= 4 is 0 Å². The second-order valence-corrected chi connectivity index (χ2v) is 4.73. The van der Waals surface area contributed by atoms with Crippen LogP contribution in [-0.4, -0.2) is 6.54 Å². The molecule has 0 radical (unpaired) electrons. The van der Waals surface area contributed by atoms with E-state index in [1.807, 2.05) is 0 Å². The molecule has 0 bridgehead atoms. The van der Waals surface area contributed by atoms with Gasteiger partial charge in [-0.15, -0.1) is 0 Å². The number of hydrogen-bond donors (Lipinski definition) is 2. The van der Waals surface area contributed by atoms with Crippen LogP contribution in [0.3, 0.4) is 0 Å². The third-order valence-corrected chi connectivity index (χ3v) is 3.01. The van der Waals surface area contributed by atoms with Crippen molar-refractivity contribution in [3.63, 3.8) is 0 Å². The molecule has 0 aliphatic carbocycles. The molecule has 120 valence electrons. The molecule has 4 N–H and O–H groups in total. The van der Waals surface area contributed by atoms with Gasteiger partial charge in [0.2, 0.25) is 0 Å². The molecule has 8 heteroatoms.